The molecule has 0 bridgehead atoms. The molecule has 11 aromatic rings. The minimum absolute atomic E-state index is 0.153. The molecule has 1 aromatic heterocycles. The molecule has 12 rings (SSSR count). The lowest BCUT2D eigenvalue weighted by atomic mass is 9.90. The third kappa shape index (κ3) is 5.40. The normalized spacial score (nSPS) is 13.8. The Bertz CT molecular complexity index is 3360. The number of aliphatic imine (C=N–C) groups is 1. The van der Waals surface area contributed by atoms with Gasteiger partial charge in [-0.1, -0.05) is 182 Å². The molecule has 3 heteroatoms. The van der Waals surface area contributed by atoms with E-state index in [4.69, 9.17) is 4.99 Å². The largest absolute Gasteiger partial charge is 0.371 e. The number of para-hydroxylation sites is 2. The molecule has 0 fully saturated rings. The van der Waals surface area contributed by atoms with Gasteiger partial charge in [0.1, 0.15) is 0 Å². The van der Waals surface area contributed by atoms with Crippen molar-refractivity contribution >= 4 is 71.2 Å². The third-order valence-corrected chi connectivity index (χ3v) is 12.2. The van der Waals surface area contributed by atoms with Crippen molar-refractivity contribution < 1.29 is 0 Å². The van der Waals surface area contributed by atoms with Gasteiger partial charge in [-0.3, -0.25) is 0 Å². The quantitative estimate of drug-likeness (QED) is 0.186. The van der Waals surface area contributed by atoms with Crippen molar-refractivity contribution in [2.45, 2.75) is 6.04 Å². The average Bonchev–Trinajstić information content (AvgIpc) is 3.66. The van der Waals surface area contributed by atoms with E-state index in [0.717, 1.165) is 33.9 Å². The zero-order valence-corrected chi connectivity index (χ0v) is 32.2. The van der Waals surface area contributed by atoms with E-state index >= 15 is 0 Å². The number of fused-ring (bicyclic) bond motifs is 9. The van der Waals surface area contributed by atoms with Crippen LogP contribution in [0.4, 0.5) is 11.4 Å². The molecule has 10 aromatic carbocycles. The first-order valence-corrected chi connectivity index (χ1v) is 20.3. The van der Waals surface area contributed by atoms with Crippen LogP contribution in [0.25, 0.3) is 82.1 Å². The van der Waals surface area contributed by atoms with Gasteiger partial charge in [0.05, 0.1) is 39.8 Å². The van der Waals surface area contributed by atoms with Crippen molar-refractivity contribution in [3.8, 4) is 27.9 Å². The number of nitrogens with zero attached hydrogens (tertiary/aromatic N) is 2. The summed E-state index contributed by atoms with van der Waals surface area (Å²) in [6.45, 7) is 0. The minimum Gasteiger partial charge on any atom is -0.371 e. The zero-order valence-electron chi connectivity index (χ0n) is 32.2. The van der Waals surface area contributed by atoms with E-state index in [1.165, 1.54) is 76.4 Å². The zero-order chi connectivity index (χ0) is 38.9. The molecule has 0 spiro atoms. The third-order valence-electron chi connectivity index (χ3n) is 12.2. The highest BCUT2D eigenvalue weighted by atomic mass is 15.0. The molecule has 59 heavy (non-hydrogen) atoms. The molecule has 0 radical (unpaired) electrons. The summed E-state index contributed by atoms with van der Waals surface area (Å²) >= 11 is 0. The molecule has 1 unspecified atom stereocenters. The lowest BCUT2D eigenvalue weighted by molar-refractivity contribution is 1.02. The average molecular weight is 752 g/mol. The SMILES string of the molecule is c1ccc(-c2ccc(-c3ccc(C4Nc5ccccc5N=C4c4cccc5c(-n6c7ccc8ccccc8c7c7c8ccccc8ccc76)cccc45)cc3)cc2)cc1. The van der Waals surface area contributed by atoms with Gasteiger partial charge in [-0.15, -0.1) is 0 Å². The lowest BCUT2D eigenvalue weighted by Crippen LogP contribution is -2.25. The Kier molecular flexibility index (Phi) is 7.60. The summed E-state index contributed by atoms with van der Waals surface area (Å²) in [5.74, 6) is 0. The maximum absolute atomic E-state index is 5.45. The molecule has 1 atom stereocenters. The first-order valence-electron chi connectivity index (χ1n) is 20.3. The highest BCUT2D eigenvalue weighted by Gasteiger charge is 2.27. The highest BCUT2D eigenvalue weighted by molar-refractivity contribution is 6.29. The van der Waals surface area contributed by atoms with Crippen LogP contribution < -0.4 is 5.32 Å². The molecule has 276 valence electrons. The van der Waals surface area contributed by atoms with Gasteiger partial charge in [0.25, 0.3) is 0 Å². The molecule has 0 saturated heterocycles. The van der Waals surface area contributed by atoms with Crippen LogP contribution in [0.3, 0.4) is 0 Å². The van der Waals surface area contributed by atoms with Gasteiger partial charge >= 0.3 is 0 Å². The van der Waals surface area contributed by atoms with Crippen LogP contribution in [0.1, 0.15) is 17.2 Å². The van der Waals surface area contributed by atoms with Crippen LogP contribution in [0, 0.1) is 0 Å². The van der Waals surface area contributed by atoms with Crippen LogP contribution in [0.2, 0.25) is 0 Å². The second-order valence-electron chi connectivity index (χ2n) is 15.5. The second kappa shape index (κ2) is 13.4. The number of rotatable bonds is 5. The van der Waals surface area contributed by atoms with Gasteiger partial charge < -0.3 is 9.88 Å². The fraction of sp³-hybridized carbons (Fsp3) is 0.0179. The fourth-order valence-corrected chi connectivity index (χ4v) is 9.44. The van der Waals surface area contributed by atoms with Gasteiger partial charge in [0.2, 0.25) is 0 Å². The Balaban J connectivity index is 1.01. The Morgan fingerprint density at radius 3 is 1.59 bits per heavy atom. The van der Waals surface area contributed by atoms with Crippen LogP contribution in [-0.4, -0.2) is 10.3 Å². The monoisotopic (exact) mass is 751 g/mol. The van der Waals surface area contributed by atoms with Crippen LogP contribution in [-0.2, 0) is 0 Å². The summed E-state index contributed by atoms with van der Waals surface area (Å²) in [5.41, 5.74) is 13.6. The van der Waals surface area contributed by atoms with E-state index in [1.54, 1.807) is 0 Å². The van der Waals surface area contributed by atoms with Crippen LogP contribution >= 0.6 is 0 Å². The maximum atomic E-state index is 5.45. The molecule has 1 aliphatic rings. The van der Waals surface area contributed by atoms with E-state index in [1.807, 2.05) is 0 Å². The number of anilines is 1. The minimum atomic E-state index is -0.153. The topological polar surface area (TPSA) is 29.3 Å². The molecule has 2 heterocycles. The van der Waals surface area contributed by atoms with Crippen LogP contribution in [0.5, 0.6) is 0 Å². The van der Waals surface area contributed by atoms with Gasteiger partial charge in [-0.05, 0) is 85.1 Å². The van der Waals surface area contributed by atoms with Crippen molar-refractivity contribution in [1.82, 2.24) is 4.57 Å². The Hall–Kier alpha value is -7.75. The molecule has 0 saturated carbocycles. The van der Waals surface area contributed by atoms with Crippen molar-refractivity contribution in [2.75, 3.05) is 5.32 Å². The number of hydrogen-bond acceptors (Lipinski definition) is 2. The summed E-state index contributed by atoms with van der Waals surface area (Å²) in [5, 5.41) is 13.9. The summed E-state index contributed by atoms with van der Waals surface area (Å²) in [6, 6.07) is 76.7. The number of benzene rings is 10. The standard InChI is InChI=1S/C56H37N3/c1-2-12-36(13-3-1)37-24-26-38(27-25-37)39-28-30-42(31-29-39)55-56(58-49-22-9-8-21-48(49)57-55)47-20-10-19-46-45(47)18-11-23-50(46)59-51-34-32-40-14-4-6-16-43(40)53(51)54-44-17-7-5-15-41(44)33-35-52(54)59/h1-35,55,57H. The number of aromatic nitrogens is 1. The van der Waals surface area contributed by atoms with Crippen molar-refractivity contribution in [2.24, 2.45) is 4.99 Å². The molecule has 3 nitrogen and oxygen atoms in total. The first-order chi connectivity index (χ1) is 29.3. The number of nitrogens with one attached hydrogen (secondary N) is 1. The van der Waals surface area contributed by atoms with E-state index < -0.39 is 0 Å². The van der Waals surface area contributed by atoms with Gasteiger partial charge in [-0.2, -0.15) is 0 Å². The Labute approximate surface area is 342 Å². The predicted molar refractivity (Wildman–Crippen MR) is 250 cm³/mol. The summed E-state index contributed by atoms with van der Waals surface area (Å²) in [6.07, 6.45) is 0. The molecule has 1 N–H and O–H groups in total. The maximum Gasteiger partial charge on any atom is 0.0947 e. The van der Waals surface area contributed by atoms with E-state index in [0.29, 0.717) is 0 Å². The first kappa shape index (κ1) is 33.4. The highest BCUT2D eigenvalue weighted by Crippen LogP contribution is 2.43. The fourth-order valence-electron chi connectivity index (χ4n) is 9.44. The molecule has 0 amide bonds. The van der Waals surface area contributed by atoms with Gasteiger partial charge in [-0.25, -0.2) is 4.99 Å². The van der Waals surface area contributed by atoms with Gasteiger partial charge in [0, 0.05) is 21.7 Å². The molecule has 0 aliphatic carbocycles. The van der Waals surface area contributed by atoms with E-state index in [9.17, 15) is 0 Å². The predicted octanol–water partition coefficient (Wildman–Crippen LogP) is 14.9. The molecular formula is C56H37N3. The second-order valence-corrected chi connectivity index (χ2v) is 15.5. The number of hydrogen-bond donors (Lipinski definition) is 1. The summed E-state index contributed by atoms with van der Waals surface area (Å²) in [4.78, 5) is 5.45. The van der Waals surface area contributed by atoms with Crippen molar-refractivity contribution in [1.29, 1.82) is 0 Å². The molecular weight excluding hydrogens is 715 g/mol. The summed E-state index contributed by atoms with van der Waals surface area (Å²) in [7, 11) is 0. The van der Waals surface area contributed by atoms with E-state index in [-0.39, 0.29) is 6.04 Å². The van der Waals surface area contributed by atoms with Gasteiger partial charge in [0.15, 0.2) is 0 Å². The summed E-state index contributed by atoms with van der Waals surface area (Å²) < 4.78 is 2.48. The molecule has 1 aliphatic heterocycles. The van der Waals surface area contributed by atoms with Crippen molar-refractivity contribution in [3.63, 3.8) is 0 Å². The Morgan fingerprint density at radius 1 is 0.390 bits per heavy atom. The van der Waals surface area contributed by atoms with Crippen molar-refractivity contribution in [3.05, 3.63) is 223 Å². The smallest absolute Gasteiger partial charge is 0.0947 e. The van der Waals surface area contributed by atoms with E-state index in [2.05, 4.69) is 222 Å². The lowest BCUT2D eigenvalue weighted by Gasteiger charge is -2.29. The van der Waals surface area contributed by atoms with Crippen LogP contribution in [0.15, 0.2) is 217 Å². The Morgan fingerprint density at radius 2 is 0.915 bits per heavy atom.